The van der Waals surface area contributed by atoms with Crippen LogP contribution in [0.2, 0.25) is 0 Å². The SMILES string of the molecule is Cc1cc(O)cc(C(=O)NC(C)CCO)c1. The highest BCUT2D eigenvalue weighted by Gasteiger charge is 2.10. The molecule has 1 aromatic carbocycles. The van der Waals surface area contributed by atoms with Crippen molar-refractivity contribution < 1.29 is 15.0 Å². The minimum atomic E-state index is -0.236. The summed E-state index contributed by atoms with van der Waals surface area (Å²) in [6.07, 6.45) is 0.517. The Kier molecular flexibility index (Phi) is 4.31. The van der Waals surface area contributed by atoms with Gasteiger partial charge in [0, 0.05) is 18.2 Å². The summed E-state index contributed by atoms with van der Waals surface area (Å²) in [4.78, 5) is 11.7. The average Bonchev–Trinajstić information content (AvgIpc) is 2.16. The summed E-state index contributed by atoms with van der Waals surface area (Å²) in [7, 11) is 0. The lowest BCUT2D eigenvalue weighted by Crippen LogP contribution is -2.33. The van der Waals surface area contributed by atoms with E-state index in [1.807, 2.05) is 13.8 Å². The lowest BCUT2D eigenvalue weighted by Gasteiger charge is -2.12. The maximum absolute atomic E-state index is 11.7. The zero-order valence-corrected chi connectivity index (χ0v) is 9.53. The number of benzene rings is 1. The smallest absolute Gasteiger partial charge is 0.251 e. The zero-order chi connectivity index (χ0) is 12.1. The fraction of sp³-hybridized carbons (Fsp3) is 0.417. The highest BCUT2D eigenvalue weighted by molar-refractivity contribution is 5.94. The van der Waals surface area contributed by atoms with Gasteiger partial charge in [0.25, 0.3) is 5.91 Å². The van der Waals surface area contributed by atoms with Gasteiger partial charge in [0.05, 0.1) is 0 Å². The fourth-order valence-corrected chi connectivity index (χ4v) is 1.47. The average molecular weight is 223 g/mol. The summed E-state index contributed by atoms with van der Waals surface area (Å²) in [6.45, 7) is 3.68. The Bertz CT molecular complexity index is 356. The van der Waals surface area contributed by atoms with Crippen molar-refractivity contribution in [3.63, 3.8) is 0 Å². The molecule has 0 aliphatic heterocycles. The molecule has 0 radical (unpaired) electrons. The van der Waals surface area contributed by atoms with Crippen molar-refractivity contribution in [3.05, 3.63) is 29.3 Å². The van der Waals surface area contributed by atoms with Crippen LogP contribution in [0.5, 0.6) is 5.75 Å². The molecule has 0 saturated carbocycles. The van der Waals surface area contributed by atoms with E-state index in [1.165, 1.54) is 6.07 Å². The number of aromatic hydroxyl groups is 1. The van der Waals surface area contributed by atoms with E-state index >= 15 is 0 Å². The van der Waals surface area contributed by atoms with Crippen LogP contribution in [0.3, 0.4) is 0 Å². The molecule has 88 valence electrons. The van der Waals surface area contributed by atoms with Gasteiger partial charge < -0.3 is 15.5 Å². The number of amides is 1. The highest BCUT2D eigenvalue weighted by Crippen LogP contribution is 2.15. The van der Waals surface area contributed by atoms with E-state index in [9.17, 15) is 9.90 Å². The van der Waals surface area contributed by atoms with Crippen molar-refractivity contribution in [1.82, 2.24) is 5.32 Å². The summed E-state index contributed by atoms with van der Waals surface area (Å²) in [6, 6.07) is 4.64. The number of hydrogen-bond acceptors (Lipinski definition) is 3. The molecule has 0 aliphatic rings. The second kappa shape index (κ2) is 5.51. The first-order valence-corrected chi connectivity index (χ1v) is 5.25. The molecule has 0 heterocycles. The van der Waals surface area contributed by atoms with Crippen molar-refractivity contribution in [3.8, 4) is 5.75 Å². The van der Waals surface area contributed by atoms with Crippen LogP contribution >= 0.6 is 0 Å². The fourth-order valence-electron chi connectivity index (χ4n) is 1.47. The number of aliphatic hydroxyl groups excluding tert-OH is 1. The van der Waals surface area contributed by atoms with Crippen molar-refractivity contribution in [2.45, 2.75) is 26.3 Å². The van der Waals surface area contributed by atoms with Gasteiger partial charge in [-0.15, -0.1) is 0 Å². The first kappa shape index (κ1) is 12.5. The second-order valence-corrected chi connectivity index (χ2v) is 3.94. The van der Waals surface area contributed by atoms with Gasteiger partial charge in [-0.25, -0.2) is 0 Å². The van der Waals surface area contributed by atoms with Gasteiger partial charge in [0.1, 0.15) is 5.75 Å². The van der Waals surface area contributed by atoms with Crippen LogP contribution in [-0.4, -0.2) is 28.8 Å². The molecular formula is C12H17NO3. The number of carbonyl (C=O) groups excluding carboxylic acids is 1. The minimum absolute atomic E-state index is 0.0422. The molecule has 0 saturated heterocycles. The summed E-state index contributed by atoms with van der Waals surface area (Å²) < 4.78 is 0. The molecule has 16 heavy (non-hydrogen) atoms. The maximum atomic E-state index is 11.7. The van der Waals surface area contributed by atoms with Crippen LogP contribution in [0.1, 0.15) is 29.3 Å². The van der Waals surface area contributed by atoms with Crippen molar-refractivity contribution in [2.75, 3.05) is 6.61 Å². The summed E-state index contributed by atoms with van der Waals surface area (Å²) in [5, 5.41) is 20.8. The number of carbonyl (C=O) groups is 1. The third-order valence-corrected chi connectivity index (χ3v) is 2.26. The topological polar surface area (TPSA) is 69.6 Å². The molecule has 0 aliphatic carbocycles. The monoisotopic (exact) mass is 223 g/mol. The van der Waals surface area contributed by atoms with Gasteiger partial charge in [0.15, 0.2) is 0 Å². The van der Waals surface area contributed by atoms with Gasteiger partial charge in [-0.3, -0.25) is 4.79 Å². The Morgan fingerprint density at radius 2 is 2.12 bits per heavy atom. The number of rotatable bonds is 4. The predicted molar refractivity (Wildman–Crippen MR) is 61.5 cm³/mol. The first-order valence-electron chi connectivity index (χ1n) is 5.25. The van der Waals surface area contributed by atoms with Gasteiger partial charge >= 0.3 is 0 Å². The largest absolute Gasteiger partial charge is 0.508 e. The van der Waals surface area contributed by atoms with Crippen LogP contribution in [0.4, 0.5) is 0 Å². The molecule has 0 bridgehead atoms. The van der Waals surface area contributed by atoms with Crippen molar-refractivity contribution in [2.24, 2.45) is 0 Å². The standard InChI is InChI=1S/C12H17NO3/c1-8-5-10(7-11(15)6-8)12(16)13-9(2)3-4-14/h5-7,9,14-15H,3-4H2,1-2H3,(H,13,16). The molecule has 3 N–H and O–H groups in total. The van der Waals surface area contributed by atoms with E-state index in [0.717, 1.165) is 5.56 Å². The molecular weight excluding hydrogens is 206 g/mol. The normalized spacial score (nSPS) is 12.2. The highest BCUT2D eigenvalue weighted by atomic mass is 16.3. The molecule has 0 spiro atoms. The van der Waals surface area contributed by atoms with Crippen LogP contribution in [0, 0.1) is 6.92 Å². The molecule has 1 aromatic rings. The van der Waals surface area contributed by atoms with E-state index in [4.69, 9.17) is 5.11 Å². The van der Waals surface area contributed by atoms with Gasteiger partial charge in [-0.2, -0.15) is 0 Å². The van der Waals surface area contributed by atoms with Crippen molar-refractivity contribution in [1.29, 1.82) is 0 Å². The van der Waals surface area contributed by atoms with Crippen LogP contribution in [-0.2, 0) is 0 Å². The maximum Gasteiger partial charge on any atom is 0.251 e. The van der Waals surface area contributed by atoms with E-state index in [2.05, 4.69) is 5.32 Å². The van der Waals surface area contributed by atoms with E-state index in [1.54, 1.807) is 12.1 Å². The number of hydrogen-bond donors (Lipinski definition) is 3. The third-order valence-electron chi connectivity index (χ3n) is 2.26. The number of nitrogens with one attached hydrogen (secondary N) is 1. The van der Waals surface area contributed by atoms with Crippen LogP contribution in [0.15, 0.2) is 18.2 Å². The molecule has 0 aromatic heterocycles. The lowest BCUT2D eigenvalue weighted by atomic mass is 10.1. The van der Waals surface area contributed by atoms with E-state index < -0.39 is 0 Å². The number of phenols is 1. The first-order chi connectivity index (χ1) is 7.52. The Morgan fingerprint density at radius 3 is 2.69 bits per heavy atom. The molecule has 1 amide bonds. The van der Waals surface area contributed by atoms with E-state index in [0.29, 0.717) is 12.0 Å². The summed E-state index contributed by atoms with van der Waals surface area (Å²) in [5.74, 6) is -0.153. The summed E-state index contributed by atoms with van der Waals surface area (Å²) >= 11 is 0. The quantitative estimate of drug-likeness (QED) is 0.718. The van der Waals surface area contributed by atoms with Crippen LogP contribution < -0.4 is 5.32 Å². The molecule has 4 heteroatoms. The molecule has 0 fully saturated rings. The molecule has 4 nitrogen and oxygen atoms in total. The number of aryl methyl sites for hydroxylation is 1. The number of aliphatic hydroxyl groups is 1. The van der Waals surface area contributed by atoms with Gasteiger partial charge in [-0.1, -0.05) is 0 Å². The summed E-state index contributed by atoms with van der Waals surface area (Å²) in [5.41, 5.74) is 1.27. The van der Waals surface area contributed by atoms with Crippen molar-refractivity contribution >= 4 is 5.91 Å². The predicted octanol–water partition coefficient (Wildman–Crippen LogP) is 1.20. The molecule has 1 rings (SSSR count). The third kappa shape index (κ3) is 3.55. The van der Waals surface area contributed by atoms with Crippen LogP contribution in [0.25, 0.3) is 0 Å². The minimum Gasteiger partial charge on any atom is -0.508 e. The number of phenolic OH excluding ortho intramolecular Hbond substituents is 1. The lowest BCUT2D eigenvalue weighted by molar-refractivity contribution is 0.0934. The Labute approximate surface area is 94.9 Å². The molecule has 1 atom stereocenters. The Morgan fingerprint density at radius 1 is 1.44 bits per heavy atom. The Balaban J connectivity index is 2.72. The van der Waals surface area contributed by atoms with Gasteiger partial charge in [0.2, 0.25) is 0 Å². The van der Waals surface area contributed by atoms with Gasteiger partial charge in [-0.05, 0) is 44.0 Å². The Hall–Kier alpha value is -1.55. The molecule has 1 unspecified atom stereocenters. The second-order valence-electron chi connectivity index (χ2n) is 3.94. The zero-order valence-electron chi connectivity index (χ0n) is 9.53. The van der Waals surface area contributed by atoms with E-state index in [-0.39, 0.29) is 24.3 Å².